The molecule has 1 saturated heterocycles. The summed E-state index contributed by atoms with van der Waals surface area (Å²) in [6.45, 7) is 3.52. The van der Waals surface area contributed by atoms with Gasteiger partial charge in [-0.25, -0.2) is 13.1 Å². The number of sulfonamides is 1. The van der Waals surface area contributed by atoms with Gasteiger partial charge >= 0.3 is 5.97 Å². The van der Waals surface area contributed by atoms with Gasteiger partial charge in [0.15, 0.2) is 0 Å². The van der Waals surface area contributed by atoms with Crippen LogP contribution in [0.25, 0.3) is 10.8 Å². The molecule has 2 N–H and O–H groups in total. The summed E-state index contributed by atoms with van der Waals surface area (Å²) in [6.07, 6.45) is 0.453. The zero-order chi connectivity index (χ0) is 29.0. The Morgan fingerprint density at radius 2 is 1.59 bits per heavy atom. The first-order chi connectivity index (χ1) is 19.8. The van der Waals surface area contributed by atoms with E-state index in [0.717, 1.165) is 11.1 Å². The van der Waals surface area contributed by atoms with E-state index in [1.54, 1.807) is 42.5 Å². The second kappa shape index (κ2) is 12.2. The summed E-state index contributed by atoms with van der Waals surface area (Å²) in [4.78, 5) is 28.0. The molecule has 212 valence electrons. The Hall–Kier alpha value is -4.05. The van der Waals surface area contributed by atoms with Crippen molar-refractivity contribution in [2.45, 2.75) is 30.8 Å². The van der Waals surface area contributed by atoms with Crippen LogP contribution in [0, 0.1) is 12.8 Å². The highest BCUT2D eigenvalue weighted by Gasteiger charge is 2.38. The second-order valence-electron chi connectivity index (χ2n) is 10.3. The molecular formula is C32H33N3O5S. The van der Waals surface area contributed by atoms with Crippen LogP contribution in [0.4, 0.5) is 5.69 Å². The monoisotopic (exact) mass is 571 g/mol. The number of piperidine rings is 1. The van der Waals surface area contributed by atoms with E-state index >= 15 is 0 Å². The van der Waals surface area contributed by atoms with E-state index in [4.69, 9.17) is 4.74 Å². The highest BCUT2D eigenvalue weighted by Crippen LogP contribution is 2.31. The molecule has 0 aliphatic carbocycles. The smallest absolute Gasteiger partial charge is 0.311 e. The van der Waals surface area contributed by atoms with Gasteiger partial charge in [0, 0.05) is 47.7 Å². The van der Waals surface area contributed by atoms with E-state index in [-0.39, 0.29) is 10.8 Å². The largest absolute Gasteiger partial charge is 0.469 e. The maximum atomic E-state index is 13.8. The Morgan fingerprint density at radius 1 is 0.902 bits per heavy atom. The molecule has 1 heterocycles. The van der Waals surface area contributed by atoms with Crippen molar-refractivity contribution in [3.05, 3.63) is 108 Å². The number of nitrogens with zero attached hydrogens (tertiary/aromatic N) is 1. The summed E-state index contributed by atoms with van der Waals surface area (Å²) in [6, 6.07) is 26.8. The van der Waals surface area contributed by atoms with Crippen LogP contribution < -0.4 is 10.0 Å². The average molecular weight is 572 g/mol. The number of esters is 1. The molecule has 4 aromatic carbocycles. The molecule has 0 radical (unpaired) electrons. The molecular weight excluding hydrogens is 538 g/mol. The normalized spacial score (nSPS) is 17.7. The van der Waals surface area contributed by atoms with Gasteiger partial charge in [0.05, 0.1) is 17.9 Å². The molecule has 1 aliphatic rings. The molecule has 8 nitrogen and oxygen atoms in total. The van der Waals surface area contributed by atoms with Crippen molar-refractivity contribution < 1.29 is 22.7 Å². The molecule has 2 unspecified atom stereocenters. The standard InChI is InChI=1S/C32H33N3O5S/c1-22-10-6-7-13-24(22)31(36)33-28-16-17-30(26-15-9-8-14-25(26)28)41(38,39)34-29-18-19-35(21-27(29)32(37)40-2)20-23-11-4-3-5-12-23/h3-17,27,29,34H,18-21H2,1-2H3,(H,33,36). The van der Waals surface area contributed by atoms with Crippen LogP contribution in [0.3, 0.4) is 0 Å². The van der Waals surface area contributed by atoms with Crippen molar-refractivity contribution in [3.63, 3.8) is 0 Å². The minimum atomic E-state index is -4.03. The molecule has 5 rings (SSSR count). The third-order valence-electron chi connectivity index (χ3n) is 7.57. The molecule has 0 spiro atoms. The topological polar surface area (TPSA) is 105 Å². The van der Waals surface area contributed by atoms with Crippen molar-refractivity contribution in [1.82, 2.24) is 9.62 Å². The van der Waals surface area contributed by atoms with Crippen LogP contribution in [0.1, 0.15) is 27.9 Å². The van der Waals surface area contributed by atoms with Crippen molar-refractivity contribution >= 4 is 38.4 Å². The summed E-state index contributed by atoms with van der Waals surface area (Å²) < 4.78 is 35.4. The first kappa shape index (κ1) is 28.5. The number of rotatable bonds is 8. The number of anilines is 1. The van der Waals surface area contributed by atoms with Gasteiger partial charge in [0.2, 0.25) is 10.0 Å². The van der Waals surface area contributed by atoms with Gasteiger partial charge in [-0.1, -0.05) is 72.8 Å². The first-order valence-electron chi connectivity index (χ1n) is 13.5. The van der Waals surface area contributed by atoms with Gasteiger partial charge in [-0.05, 0) is 42.7 Å². The number of likely N-dealkylation sites (tertiary alicyclic amines) is 1. The lowest BCUT2D eigenvalue weighted by molar-refractivity contribution is -0.148. The number of methoxy groups -OCH3 is 1. The van der Waals surface area contributed by atoms with Crippen LogP contribution in [0.2, 0.25) is 0 Å². The maximum absolute atomic E-state index is 13.8. The fourth-order valence-electron chi connectivity index (χ4n) is 5.43. The van der Waals surface area contributed by atoms with Crippen molar-refractivity contribution in [2.24, 2.45) is 5.92 Å². The summed E-state index contributed by atoms with van der Waals surface area (Å²) in [5.74, 6) is -1.38. The van der Waals surface area contributed by atoms with Gasteiger partial charge in [-0.3, -0.25) is 14.5 Å². The summed E-state index contributed by atoms with van der Waals surface area (Å²) in [7, 11) is -2.71. The SMILES string of the molecule is COC(=O)C1CN(Cc2ccccc2)CCC1NS(=O)(=O)c1ccc(NC(=O)c2ccccc2C)c2ccccc12. The van der Waals surface area contributed by atoms with Gasteiger partial charge in [-0.2, -0.15) is 0 Å². The molecule has 2 atom stereocenters. The van der Waals surface area contributed by atoms with E-state index < -0.39 is 28.0 Å². The molecule has 1 amide bonds. The predicted octanol–water partition coefficient (Wildman–Crippen LogP) is 4.74. The lowest BCUT2D eigenvalue weighted by atomic mass is 9.92. The van der Waals surface area contributed by atoms with E-state index in [2.05, 4.69) is 14.9 Å². The molecule has 41 heavy (non-hydrogen) atoms. The molecule has 0 bridgehead atoms. The first-order valence-corrected chi connectivity index (χ1v) is 15.0. The number of hydrogen-bond acceptors (Lipinski definition) is 6. The van der Waals surface area contributed by atoms with Crippen LogP contribution in [-0.4, -0.2) is 51.4 Å². The number of amides is 1. The average Bonchev–Trinajstić information content (AvgIpc) is 2.98. The fraction of sp³-hybridized carbons (Fsp3) is 0.250. The number of ether oxygens (including phenoxy) is 1. The molecule has 0 aromatic heterocycles. The molecule has 4 aromatic rings. The number of fused-ring (bicyclic) bond motifs is 1. The minimum absolute atomic E-state index is 0.0809. The van der Waals surface area contributed by atoms with Gasteiger partial charge < -0.3 is 10.1 Å². The Bertz CT molecular complexity index is 1670. The number of carbonyl (C=O) groups excluding carboxylic acids is 2. The van der Waals surface area contributed by atoms with E-state index in [9.17, 15) is 18.0 Å². The zero-order valence-corrected chi connectivity index (χ0v) is 23.9. The number of carbonyl (C=O) groups is 2. The second-order valence-corrected chi connectivity index (χ2v) is 12.0. The van der Waals surface area contributed by atoms with Crippen LogP contribution in [-0.2, 0) is 26.1 Å². The Labute approximate surface area is 240 Å². The number of aryl methyl sites for hydroxylation is 1. The number of benzene rings is 4. The van der Waals surface area contributed by atoms with Gasteiger partial charge in [0.25, 0.3) is 5.91 Å². The summed E-state index contributed by atoms with van der Waals surface area (Å²) in [5.41, 5.74) is 3.01. The lowest BCUT2D eigenvalue weighted by Gasteiger charge is -2.37. The quantitative estimate of drug-likeness (QED) is 0.296. The molecule has 9 heteroatoms. The molecule has 1 aliphatic heterocycles. The Morgan fingerprint density at radius 3 is 2.32 bits per heavy atom. The zero-order valence-electron chi connectivity index (χ0n) is 23.0. The number of hydrogen-bond donors (Lipinski definition) is 2. The van der Waals surface area contributed by atoms with Gasteiger partial charge in [-0.15, -0.1) is 0 Å². The molecule has 1 fully saturated rings. The molecule has 0 saturated carbocycles. The van der Waals surface area contributed by atoms with Crippen LogP contribution in [0.15, 0.2) is 95.9 Å². The van der Waals surface area contributed by atoms with Crippen molar-refractivity contribution in [3.8, 4) is 0 Å². The highest BCUT2D eigenvalue weighted by atomic mass is 32.2. The number of nitrogens with one attached hydrogen (secondary N) is 2. The Kier molecular flexibility index (Phi) is 8.49. The summed E-state index contributed by atoms with van der Waals surface area (Å²) in [5, 5.41) is 4.00. The predicted molar refractivity (Wildman–Crippen MR) is 159 cm³/mol. The summed E-state index contributed by atoms with van der Waals surface area (Å²) >= 11 is 0. The maximum Gasteiger partial charge on any atom is 0.311 e. The van der Waals surface area contributed by atoms with E-state index in [1.807, 2.05) is 49.4 Å². The Balaban J connectivity index is 1.39. The lowest BCUT2D eigenvalue weighted by Crippen LogP contribution is -2.53. The van der Waals surface area contributed by atoms with Gasteiger partial charge in [0.1, 0.15) is 0 Å². The fourth-order valence-corrected chi connectivity index (χ4v) is 6.95. The third-order valence-corrected chi connectivity index (χ3v) is 9.12. The minimum Gasteiger partial charge on any atom is -0.469 e. The highest BCUT2D eigenvalue weighted by molar-refractivity contribution is 7.89. The third kappa shape index (κ3) is 6.32. The van der Waals surface area contributed by atoms with Crippen LogP contribution in [0.5, 0.6) is 0 Å². The van der Waals surface area contributed by atoms with Crippen molar-refractivity contribution in [2.75, 3.05) is 25.5 Å². The van der Waals surface area contributed by atoms with E-state index in [0.29, 0.717) is 48.1 Å². The van der Waals surface area contributed by atoms with E-state index in [1.165, 1.54) is 13.2 Å². The van der Waals surface area contributed by atoms with Crippen molar-refractivity contribution in [1.29, 1.82) is 0 Å². The van der Waals surface area contributed by atoms with Crippen LogP contribution >= 0.6 is 0 Å².